The van der Waals surface area contributed by atoms with Crippen molar-refractivity contribution >= 4 is 23.6 Å². The molecular formula is C9H11N3S2. The summed E-state index contributed by atoms with van der Waals surface area (Å²) in [5.74, 6) is 0.913. The molecule has 3 nitrogen and oxygen atoms in total. The van der Waals surface area contributed by atoms with Crippen LogP contribution in [0.2, 0.25) is 0 Å². The van der Waals surface area contributed by atoms with Gasteiger partial charge in [-0.25, -0.2) is 0 Å². The SMILES string of the molecule is Cc1cc(-c2n[nH]c(=S)n2C)sc1C. The van der Waals surface area contributed by atoms with Gasteiger partial charge in [0.05, 0.1) is 4.88 Å². The maximum Gasteiger partial charge on any atom is 0.195 e. The maximum absolute atomic E-state index is 5.06. The van der Waals surface area contributed by atoms with Crippen molar-refractivity contribution < 1.29 is 0 Å². The van der Waals surface area contributed by atoms with Gasteiger partial charge in [-0.05, 0) is 37.7 Å². The quantitative estimate of drug-likeness (QED) is 0.757. The second-order valence-electron chi connectivity index (χ2n) is 3.26. The van der Waals surface area contributed by atoms with Gasteiger partial charge in [0.25, 0.3) is 0 Å². The first kappa shape index (κ1) is 9.61. The number of aryl methyl sites for hydroxylation is 2. The average molecular weight is 225 g/mol. The molecule has 0 fully saturated rings. The molecule has 0 aliphatic carbocycles. The molecule has 2 rings (SSSR count). The van der Waals surface area contributed by atoms with Crippen LogP contribution in [0.25, 0.3) is 10.7 Å². The Balaban J connectivity index is 2.60. The Hall–Kier alpha value is -0.940. The molecule has 2 aromatic rings. The van der Waals surface area contributed by atoms with Crippen LogP contribution in [0.4, 0.5) is 0 Å². The zero-order valence-electron chi connectivity index (χ0n) is 8.29. The van der Waals surface area contributed by atoms with Crippen molar-refractivity contribution in [1.29, 1.82) is 0 Å². The molecule has 0 atom stereocenters. The lowest BCUT2D eigenvalue weighted by molar-refractivity contribution is 0.904. The Morgan fingerprint density at radius 2 is 2.21 bits per heavy atom. The third-order valence-corrected chi connectivity index (χ3v) is 3.78. The van der Waals surface area contributed by atoms with E-state index in [9.17, 15) is 0 Å². The highest BCUT2D eigenvalue weighted by Gasteiger charge is 2.09. The van der Waals surface area contributed by atoms with Gasteiger partial charge in [0, 0.05) is 11.9 Å². The van der Waals surface area contributed by atoms with Crippen molar-refractivity contribution in [3.63, 3.8) is 0 Å². The number of aromatic nitrogens is 3. The third-order valence-electron chi connectivity index (χ3n) is 2.27. The van der Waals surface area contributed by atoms with E-state index in [1.54, 1.807) is 11.3 Å². The van der Waals surface area contributed by atoms with E-state index in [1.165, 1.54) is 10.4 Å². The van der Waals surface area contributed by atoms with Crippen LogP contribution in [-0.2, 0) is 7.05 Å². The van der Waals surface area contributed by atoms with Gasteiger partial charge in [0.15, 0.2) is 10.6 Å². The second kappa shape index (κ2) is 3.33. The predicted molar refractivity (Wildman–Crippen MR) is 61.2 cm³/mol. The molecule has 0 spiro atoms. The molecule has 74 valence electrons. The number of hydrogen-bond acceptors (Lipinski definition) is 3. The highest BCUT2D eigenvalue weighted by molar-refractivity contribution is 7.71. The monoisotopic (exact) mass is 225 g/mol. The lowest BCUT2D eigenvalue weighted by atomic mass is 10.3. The lowest BCUT2D eigenvalue weighted by Gasteiger charge is -1.94. The number of aromatic amines is 1. The first-order chi connectivity index (χ1) is 6.59. The Morgan fingerprint density at radius 3 is 2.64 bits per heavy atom. The Kier molecular flexibility index (Phi) is 2.28. The molecule has 5 heteroatoms. The van der Waals surface area contributed by atoms with Gasteiger partial charge in [-0.1, -0.05) is 0 Å². The number of rotatable bonds is 1. The minimum absolute atomic E-state index is 0.656. The van der Waals surface area contributed by atoms with Crippen molar-refractivity contribution in [3.8, 4) is 10.7 Å². The van der Waals surface area contributed by atoms with E-state index < -0.39 is 0 Å². The lowest BCUT2D eigenvalue weighted by Crippen LogP contribution is -1.89. The topological polar surface area (TPSA) is 33.6 Å². The summed E-state index contributed by atoms with van der Waals surface area (Å²) in [7, 11) is 1.92. The highest BCUT2D eigenvalue weighted by atomic mass is 32.1. The molecule has 0 saturated heterocycles. The first-order valence-electron chi connectivity index (χ1n) is 4.28. The van der Waals surface area contributed by atoms with Crippen molar-refractivity contribution in [2.75, 3.05) is 0 Å². The fourth-order valence-electron chi connectivity index (χ4n) is 1.25. The van der Waals surface area contributed by atoms with Crippen LogP contribution in [0.5, 0.6) is 0 Å². The van der Waals surface area contributed by atoms with Crippen molar-refractivity contribution in [2.24, 2.45) is 7.05 Å². The van der Waals surface area contributed by atoms with Crippen molar-refractivity contribution in [2.45, 2.75) is 13.8 Å². The molecule has 0 unspecified atom stereocenters. The minimum atomic E-state index is 0.656. The van der Waals surface area contributed by atoms with E-state index in [-0.39, 0.29) is 0 Å². The summed E-state index contributed by atoms with van der Waals surface area (Å²) in [6.07, 6.45) is 0. The summed E-state index contributed by atoms with van der Waals surface area (Å²) in [6, 6.07) is 2.14. The maximum atomic E-state index is 5.06. The summed E-state index contributed by atoms with van der Waals surface area (Å²) in [6.45, 7) is 4.22. The summed E-state index contributed by atoms with van der Waals surface area (Å²) < 4.78 is 2.55. The molecule has 1 N–H and O–H groups in total. The van der Waals surface area contributed by atoms with Gasteiger partial charge in [0.1, 0.15) is 0 Å². The Morgan fingerprint density at radius 1 is 1.50 bits per heavy atom. The van der Waals surface area contributed by atoms with Crippen LogP contribution in [0, 0.1) is 18.6 Å². The van der Waals surface area contributed by atoms with Crippen molar-refractivity contribution in [1.82, 2.24) is 14.8 Å². The minimum Gasteiger partial charge on any atom is -0.303 e. The third kappa shape index (κ3) is 1.42. The number of nitrogens with zero attached hydrogens (tertiary/aromatic N) is 2. The number of hydrogen-bond donors (Lipinski definition) is 1. The zero-order chi connectivity index (χ0) is 10.3. The average Bonchev–Trinajstić information content (AvgIpc) is 2.61. The fourth-order valence-corrected chi connectivity index (χ4v) is 2.44. The predicted octanol–water partition coefficient (Wildman–Crippen LogP) is 2.82. The molecule has 0 aliphatic heterocycles. The highest BCUT2D eigenvalue weighted by Crippen LogP contribution is 2.28. The van der Waals surface area contributed by atoms with Crippen LogP contribution < -0.4 is 0 Å². The van der Waals surface area contributed by atoms with E-state index in [1.807, 2.05) is 11.6 Å². The van der Waals surface area contributed by atoms with Gasteiger partial charge in [-0.2, -0.15) is 5.10 Å². The number of thiophene rings is 1. The molecule has 2 heterocycles. The van der Waals surface area contributed by atoms with Crippen molar-refractivity contribution in [3.05, 3.63) is 21.3 Å². The van der Waals surface area contributed by atoms with Gasteiger partial charge in [-0.15, -0.1) is 11.3 Å². The van der Waals surface area contributed by atoms with Gasteiger partial charge < -0.3 is 4.57 Å². The standard InChI is InChI=1S/C9H11N3S2/c1-5-4-7(14-6(5)2)8-10-11-9(13)12(8)3/h4H,1-3H3,(H,11,13). The van der Waals surface area contributed by atoms with Crippen LogP contribution in [-0.4, -0.2) is 14.8 Å². The zero-order valence-corrected chi connectivity index (χ0v) is 9.92. The summed E-state index contributed by atoms with van der Waals surface area (Å²) in [5, 5.41) is 6.98. The van der Waals surface area contributed by atoms with Gasteiger partial charge in [0.2, 0.25) is 0 Å². The molecule has 0 amide bonds. The molecule has 0 radical (unpaired) electrons. The van der Waals surface area contributed by atoms with Gasteiger partial charge in [-0.3, -0.25) is 5.10 Å². The van der Waals surface area contributed by atoms with Crippen LogP contribution in [0.15, 0.2) is 6.07 Å². The van der Waals surface area contributed by atoms with Gasteiger partial charge >= 0.3 is 0 Å². The smallest absolute Gasteiger partial charge is 0.195 e. The summed E-state index contributed by atoms with van der Waals surface area (Å²) in [5.41, 5.74) is 1.30. The second-order valence-corrected chi connectivity index (χ2v) is 4.90. The molecule has 0 bridgehead atoms. The number of nitrogens with one attached hydrogen (secondary N) is 1. The molecular weight excluding hydrogens is 214 g/mol. The molecule has 0 saturated carbocycles. The van der Waals surface area contributed by atoms with E-state index in [0.717, 1.165) is 10.7 Å². The Labute approximate surface area is 91.4 Å². The molecule has 14 heavy (non-hydrogen) atoms. The summed E-state index contributed by atoms with van der Waals surface area (Å²) in [4.78, 5) is 2.49. The van der Waals surface area contributed by atoms with E-state index in [2.05, 4.69) is 30.1 Å². The van der Waals surface area contributed by atoms with E-state index >= 15 is 0 Å². The molecule has 0 aromatic carbocycles. The summed E-state index contributed by atoms with van der Waals surface area (Å²) >= 11 is 6.81. The Bertz CT molecular complexity index is 499. The van der Waals surface area contributed by atoms with Crippen LogP contribution in [0.3, 0.4) is 0 Å². The largest absolute Gasteiger partial charge is 0.303 e. The van der Waals surface area contributed by atoms with E-state index in [0.29, 0.717) is 4.77 Å². The first-order valence-corrected chi connectivity index (χ1v) is 5.51. The van der Waals surface area contributed by atoms with Crippen LogP contribution >= 0.6 is 23.6 Å². The fraction of sp³-hybridized carbons (Fsp3) is 0.333. The molecule has 2 aromatic heterocycles. The van der Waals surface area contributed by atoms with E-state index in [4.69, 9.17) is 12.2 Å². The normalized spacial score (nSPS) is 10.8. The van der Waals surface area contributed by atoms with Crippen LogP contribution in [0.1, 0.15) is 10.4 Å². The molecule has 0 aliphatic rings. The number of H-pyrrole nitrogens is 1.